The average Bonchev–Trinajstić information content (AvgIpc) is 3.37. The van der Waals surface area contributed by atoms with Crippen molar-refractivity contribution in [3.05, 3.63) is 45.9 Å². The molecule has 1 fully saturated rings. The molecule has 0 spiro atoms. The minimum atomic E-state index is -0.437. The van der Waals surface area contributed by atoms with Gasteiger partial charge in [0.15, 0.2) is 17.3 Å². The summed E-state index contributed by atoms with van der Waals surface area (Å²) in [5.74, 6) is 1.89. The first-order valence-electron chi connectivity index (χ1n) is 8.87. The SMILES string of the molecule is CCOc1cc(CNC2CC2)ccc1OCCn1c([N+](=O)[O-])cnc1C. The molecule has 1 N–H and O–H groups in total. The third kappa shape index (κ3) is 4.51. The number of hydrogen-bond acceptors (Lipinski definition) is 6. The van der Waals surface area contributed by atoms with Crippen LogP contribution in [-0.4, -0.2) is 33.7 Å². The number of rotatable bonds is 10. The smallest absolute Gasteiger partial charge is 0.342 e. The van der Waals surface area contributed by atoms with Crippen molar-refractivity contribution < 1.29 is 14.4 Å². The van der Waals surface area contributed by atoms with Crippen molar-refractivity contribution in [3.63, 3.8) is 0 Å². The Labute approximate surface area is 152 Å². The molecule has 1 heterocycles. The van der Waals surface area contributed by atoms with Crippen LogP contribution in [0.4, 0.5) is 5.82 Å². The normalized spacial score (nSPS) is 13.6. The van der Waals surface area contributed by atoms with Gasteiger partial charge in [-0.05, 0) is 42.4 Å². The molecule has 1 aliphatic carbocycles. The Morgan fingerprint density at radius 2 is 2.15 bits per heavy atom. The zero-order valence-corrected chi connectivity index (χ0v) is 15.1. The molecule has 8 heteroatoms. The Bertz CT molecular complexity index is 771. The summed E-state index contributed by atoms with van der Waals surface area (Å²) in [5, 5.41) is 14.5. The molecule has 1 aromatic heterocycles. The van der Waals surface area contributed by atoms with Crippen molar-refractivity contribution in [1.29, 1.82) is 0 Å². The van der Waals surface area contributed by atoms with Crippen molar-refractivity contribution >= 4 is 5.82 Å². The zero-order chi connectivity index (χ0) is 18.5. The van der Waals surface area contributed by atoms with E-state index in [1.807, 2.05) is 25.1 Å². The van der Waals surface area contributed by atoms with Crippen LogP contribution in [0.5, 0.6) is 11.5 Å². The van der Waals surface area contributed by atoms with E-state index in [0.29, 0.717) is 36.5 Å². The van der Waals surface area contributed by atoms with Crippen LogP contribution >= 0.6 is 0 Å². The Kier molecular flexibility index (Phi) is 5.72. The van der Waals surface area contributed by atoms with E-state index in [0.717, 1.165) is 12.1 Å². The Morgan fingerprint density at radius 3 is 2.85 bits per heavy atom. The summed E-state index contributed by atoms with van der Waals surface area (Å²) in [6.45, 7) is 5.65. The van der Waals surface area contributed by atoms with Crippen LogP contribution in [0, 0.1) is 17.0 Å². The second kappa shape index (κ2) is 8.18. The molecule has 1 aliphatic rings. The van der Waals surface area contributed by atoms with Gasteiger partial charge < -0.3 is 24.9 Å². The lowest BCUT2D eigenvalue weighted by molar-refractivity contribution is -0.392. The second-order valence-corrected chi connectivity index (χ2v) is 6.29. The average molecular weight is 360 g/mol. The second-order valence-electron chi connectivity index (χ2n) is 6.29. The van der Waals surface area contributed by atoms with E-state index in [1.165, 1.54) is 23.6 Å². The molecule has 26 heavy (non-hydrogen) atoms. The standard InChI is InChI=1S/C18H24N4O4/c1-3-25-17-10-14(11-20-15-5-6-15)4-7-16(17)26-9-8-21-13(2)19-12-18(21)22(23)24/h4,7,10,12,15,20H,3,5-6,8-9,11H2,1-2H3. The lowest BCUT2D eigenvalue weighted by atomic mass is 10.2. The molecule has 3 rings (SSSR count). The predicted molar refractivity (Wildman–Crippen MR) is 96.6 cm³/mol. The van der Waals surface area contributed by atoms with Gasteiger partial charge in [0.1, 0.15) is 19.3 Å². The minimum Gasteiger partial charge on any atom is -0.490 e. The molecule has 0 bridgehead atoms. The maximum atomic E-state index is 11.0. The Morgan fingerprint density at radius 1 is 1.35 bits per heavy atom. The number of aryl methyl sites for hydroxylation is 1. The number of nitrogens with one attached hydrogen (secondary N) is 1. The van der Waals surface area contributed by atoms with Crippen LogP contribution < -0.4 is 14.8 Å². The van der Waals surface area contributed by atoms with Crippen molar-refractivity contribution in [2.75, 3.05) is 13.2 Å². The summed E-state index contributed by atoms with van der Waals surface area (Å²) in [5.41, 5.74) is 1.15. The van der Waals surface area contributed by atoms with E-state index in [-0.39, 0.29) is 12.4 Å². The maximum Gasteiger partial charge on any atom is 0.342 e. The number of ether oxygens (including phenoxy) is 2. The predicted octanol–water partition coefficient (Wildman–Crippen LogP) is 2.83. The van der Waals surface area contributed by atoms with Crippen molar-refractivity contribution in [1.82, 2.24) is 14.9 Å². The van der Waals surface area contributed by atoms with Gasteiger partial charge in [0.25, 0.3) is 0 Å². The van der Waals surface area contributed by atoms with Gasteiger partial charge in [0.2, 0.25) is 0 Å². The molecule has 0 amide bonds. The number of hydrogen-bond donors (Lipinski definition) is 1. The first-order chi connectivity index (χ1) is 12.6. The van der Waals surface area contributed by atoms with Crippen LogP contribution in [-0.2, 0) is 13.1 Å². The lowest BCUT2D eigenvalue weighted by Crippen LogP contribution is -2.15. The first kappa shape index (κ1) is 18.2. The fourth-order valence-corrected chi connectivity index (χ4v) is 2.72. The van der Waals surface area contributed by atoms with Gasteiger partial charge in [0, 0.05) is 19.5 Å². The summed E-state index contributed by atoms with van der Waals surface area (Å²) in [4.78, 5) is 14.6. The van der Waals surface area contributed by atoms with E-state index in [2.05, 4.69) is 10.3 Å². The van der Waals surface area contributed by atoms with E-state index >= 15 is 0 Å². The topological polar surface area (TPSA) is 91.5 Å². The van der Waals surface area contributed by atoms with Crippen LogP contribution in [0.2, 0.25) is 0 Å². The third-order valence-electron chi connectivity index (χ3n) is 4.27. The van der Waals surface area contributed by atoms with Gasteiger partial charge in [-0.1, -0.05) is 6.07 Å². The molecule has 1 saturated carbocycles. The third-order valence-corrected chi connectivity index (χ3v) is 4.27. The van der Waals surface area contributed by atoms with Gasteiger partial charge in [-0.25, -0.2) is 9.55 Å². The van der Waals surface area contributed by atoms with Crippen molar-refractivity contribution in [3.8, 4) is 11.5 Å². The quantitative estimate of drug-likeness (QED) is 0.517. The van der Waals surface area contributed by atoms with Crippen molar-refractivity contribution in [2.45, 2.75) is 45.8 Å². The Hall–Kier alpha value is -2.61. The highest BCUT2D eigenvalue weighted by Crippen LogP contribution is 2.29. The van der Waals surface area contributed by atoms with Gasteiger partial charge >= 0.3 is 5.82 Å². The molecule has 8 nitrogen and oxygen atoms in total. The summed E-state index contributed by atoms with van der Waals surface area (Å²) < 4.78 is 13.1. The summed E-state index contributed by atoms with van der Waals surface area (Å²) in [7, 11) is 0. The van der Waals surface area contributed by atoms with E-state index in [1.54, 1.807) is 6.92 Å². The molecule has 0 atom stereocenters. The number of imidazole rings is 1. The lowest BCUT2D eigenvalue weighted by Gasteiger charge is -2.13. The highest BCUT2D eigenvalue weighted by atomic mass is 16.6. The van der Waals surface area contributed by atoms with Crippen molar-refractivity contribution in [2.24, 2.45) is 0 Å². The summed E-state index contributed by atoms with van der Waals surface area (Å²) >= 11 is 0. The van der Waals surface area contributed by atoms with Gasteiger partial charge in [0.05, 0.1) is 6.61 Å². The molecule has 0 radical (unpaired) electrons. The summed E-state index contributed by atoms with van der Waals surface area (Å²) in [6, 6.07) is 6.54. The number of aromatic nitrogens is 2. The number of nitrogens with zero attached hydrogens (tertiary/aromatic N) is 3. The van der Waals surface area contributed by atoms with Gasteiger partial charge in [-0.2, -0.15) is 0 Å². The molecule has 140 valence electrons. The first-order valence-corrected chi connectivity index (χ1v) is 8.87. The highest BCUT2D eigenvalue weighted by molar-refractivity contribution is 5.43. The fourth-order valence-electron chi connectivity index (χ4n) is 2.72. The molecule has 2 aromatic rings. The van der Waals surface area contributed by atoms with Crippen LogP contribution in [0.15, 0.2) is 24.4 Å². The largest absolute Gasteiger partial charge is 0.490 e. The van der Waals surface area contributed by atoms with Crippen LogP contribution in [0.3, 0.4) is 0 Å². The van der Waals surface area contributed by atoms with Gasteiger partial charge in [-0.3, -0.25) is 0 Å². The van der Waals surface area contributed by atoms with E-state index < -0.39 is 4.92 Å². The minimum absolute atomic E-state index is 0.0300. The van der Waals surface area contributed by atoms with Crippen LogP contribution in [0.1, 0.15) is 31.2 Å². The van der Waals surface area contributed by atoms with Crippen LogP contribution in [0.25, 0.3) is 0 Å². The zero-order valence-electron chi connectivity index (χ0n) is 15.1. The molecular weight excluding hydrogens is 336 g/mol. The highest BCUT2D eigenvalue weighted by Gasteiger charge is 2.20. The molecule has 0 saturated heterocycles. The number of nitro groups is 1. The van der Waals surface area contributed by atoms with E-state index in [9.17, 15) is 10.1 Å². The monoisotopic (exact) mass is 360 g/mol. The fraction of sp³-hybridized carbons (Fsp3) is 0.500. The molecule has 0 unspecified atom stereocenters. The van der Waals surface area contributed by atoms with Gasteiger partial charge in [-0.15, -0.1) is 0 Å². The maximum absolute atomic E-state index is 11.0. The number of benzene rings is 1. The van der Waals surface area contributed by atoms with E-state index in [4.69, 9.17) is 9.47 Å². The molecular formula is C18H24N4O4. The molecule has 0 aliphatic heterocycles. The Balaban J connectivity index is 1.63. The summed E-state index contributed by atoms with van der Waals surface area (Å²) in [6.07, 6.45) is 3.77. The molecule has 1 aromatic carbocycles.